The smallest absolute Gasteiger partial charge is 0.0962 e. The van der Waals surface area contributed by atoms with Gasteiger partial charge in [0.15, 0.2) is 0 Å². The summed E-state index contributed by atoms with van der Waals surface area (Å²) in [6.07, 6.45) is 9.67. The number of unbranched alkanes of at least 4 members (excludes halogenated alkanes) is 1. The first-order chi connectivity index (χ1) is 8.74. The zero-order valence-corrected chi connectivity index (χ0v) is 12.6. The van der Waals surface area contributed by atoms with Gasteiger partial charge in [-0.05, 0) is 38.5 Å². The molecule has 2 N–H and O–H groups in total. The molecule has 0 bridgehead atoms. The molecule has 18 heavy (non-hydrogen) atoms. The molecule has 0 unspecified atom stereocenters. The Morgan fingerprint density at radius 3 is 2.56 bits per heavy atom. The van der Waals surface area contributed by atoms with E-state index in [2.05, 4.69) is 13.8 Å². The van der Waals surface area contributed by atoms with Gasteiger partial charge in [-0.2, -0.15) is 0 Å². The number of nitrogens with two attached hydrogens (primary N) is 1. The monoisotopic (exact) mass is 266 g/mol. The van der Waals surface area contributed by atoms with E-state index in [1.165, 1.54) is 54.8 Å². The molecule has 102 valence electrons. The van der Waals surface area contributed by atoms with Gasteiger partial charge in [-0.25, -0.2) is 4.98 Å². The standard InChI is InChI=1S/C15H26N2S/c1-3-4-5-12-6-8-13(9-7-12)15-17-11(2)14(10-16)18-15/h12-13H,3-10,16H2,1-2H3. The topological polar surface area (TPSA) is 38.9 Å². The van der Waals surface area contributed by atoms with Gasteiger partial charge in [0.25, 0.3) is 0 Å². The molecule has 2 nitrogen and oxygen atoms in total. The van der Waals surface area contributed by atoms with Crippen LogP contribution in [0.3, 0.4) is 0 Å². The molecule has 0 aromatic carbocycles. The molecular weight excluding hydrogens is 240 g/mol. The Labute approximate surface area is 115 Å². The highest BCUT2D eigenvalue weighted by Crippen LogP contribution is 2.39. The summed E-state index contributed by atoms with van der Waals surface area (Å²) in [7, 11) is 0. The maximum atomic E-state index is 5.74. The highest BCUT2D eigenvalue weighted by molar-refractivity contribution is 7.11. The molecule has 1 fully saturated rings. The van der Waals surface area contributed by atoms with Crippen LogP contribution in [0.25, 0.3) is 0 Å². The SMILES string of the molecule is CCCCC1CCC(c2nc(C)c(CN)s2)CC1. The minimum Gasteiger partial charge on any atom is -0.326 e. The number of hydrogen-bond acceptors (Lipinski definition) is 3. The third-order valence-electron chi connectivity index (χ3n) is 4.26. The lowest BCUT2D eigenvalue weighted by atomic mass is 9.80. The van der Waals surface area contributed by atoms with Crippen molar-refractivity contribution in [2.45, 2.75) is 71.3 Å². The second-order valence-corrected chi connectivity index (χ2v) is 6.74. The van der Waals surface area contributed by atoms with Gasteiger partial charge in [0.1, 0.15) is 0 Å². The Kier molecular flexibility index (Phi) is 5.19. The van der Waals surface area contributed by atoms with E-state index < -0.39 is 0 Å². The summed E-state index contributed by atoms with van der Waals surface area (Å²) in [5.74, 6) is 1.70. The molecule has 0 spiro atoms. The lowest BCUT2D eigenvalue weighted by Gasteiger charge is -2.27. The van der Waals surface area contributed by atoms with Crippen molar-refractivity contribution in [1.29, 1.82) is 0 Å². The highest BCUT2D eigenvalue weighted by Gasteiger charge is 2.24. The maximum absolute atomic E-state index is 5.74. The summed E-state index contributed by atoms with van der Waals surface area (Å²) in [6, 6.07) is 0. The summed E-state index contributed by atoms with van der Waals surface area (Å²) in [4.78, 5) is 6.01. The Morgan fingerprint density at radius 2 is 2.00 bits per heavy atom. The summed E-state index contributed by atoms with van der Waals surface area (Å²) in [6.45, 7) is 5.03. The van der Waals surface area contributed by atoms with Gasteiger partial charge in [-0.3, -0.25) is 0 Å². The highest BCUT2D eigenvalue weighted by atomic mass is 32.1. The molecule has 3 heteroatoms. The molecule has 1 saturated carbocycles. The second-order valence-electron chi connectivity index (χ2n) is 5.62. The van der Waals surface area contributed by atoms with Crippen molar-refractivity contribution in [2.24, 2.45) is 11.7 Å². The van der Waals surface area contributed by atoms with Crippen molar-refractivity contribution in [3.05, 3.63) is 15.6 Å². The summed E-state index contributed by atoms with van der Waals surface area (Å²) < 4.78 is 0. The molecule has 0 aliphatic heterocycles. The molecule has 2 rings (SSSR count). The van der Waals surface area contributed by atoms with Crippen LogP contribution in [0.4, 0.5) is 0 Å². The fourth-order valence-electron chi connectivity index (χ4n) is 3.01. The van der Waals surface area contributed by atoms with Crippen molar-refractivity contribution >= 4 is 11.3 Å². The minimum atomic E-state index is 0.648. The second kappa shape index (κ2) is 6.67. The van der Waals surface area contributed by atoms with Gasteiger partial charge in [-0.1, -0.05) is 26.2 Å². The third-order valence-corrected chi connectivity index (χ3v) is 5.60. The first kappa shape index (κ1) is 14.0. The Balaban J connectivity index is 1.88. The predicted octanol–water partition coefficient (Wildman–Crippen LogP) is 4.37. The van der Waals surface area contributed by atoms with E-state index in [0.717, 1.165) is 11.6 Å². The molecule has 1 aliphatic rings. The van der Waals surface area contributed by atoms with Crippen LogP contribution in [0, 0.1) is 12.8 Å². The van der Waals surface area contributed by atoms with Crippen molar-refractivity contribution in [3.63, 3.8) is 0 Å². The number of rotatable bonds is 5. The lowest BCUT2D eigenvalue weighted by Crippen LogP contribution is -2.13. The summed E-state index contributed by atoms with van der Waals surface area (Å²) in [5.41, 5.74) is 6.90. The Bertz CT molecular complexity index is 365. The van der Waals surface area contributed by atoms with E-state index in [1.54, 1.807) is 0 Å². The number of thiazole rings is 1. The van der Waals surface area contributed by atoms with Gasteiger partial charge >= 0.3 is 0 Å². The zero-order valence-electron chi connectivity index (χ0n) is 11.7. The van der Waals surface area contributed by atoms with Crippen LogP contribution in [0.2, 0.25) is 0 Å². The van der Waals surface area contributed by atoms with Crippen LogP contribution in [0.15, 0.2) is 0 Å². The van der Waals surface area contributed by atoms with Gasteiger partial charge in [0, 0.05) is 17.3 Å². The lowest BCUT2D eigenvalue weighted by molar-refractivity contribution is 0.304. The first-order valence-electron chi connectivity index (χ1n) is 7.40. The molecule has 0 saturated heterocycles. The third kappa shape index (κ3) is 3.33. The van der Waals surface area contributed by atoms with E-state index in [4.69, 9.17) is 10.7 Å². The average Bonchev–Trinajstić information content (AvgIpc) is 2.78. The van der Waals surface area contributed by atoms with Crippen molar-refractivity contribution in [1.82, 2.24) is 4.98 Å². The number of nitrogens with zero attached hydrogens (tertiary/aromatic N) is 1. The number of hydrogen-bond donors (Lipinski definition) is 1. The van der Waals surface area contributed by atoms with Crippen LogP contribution < -0.4 is 5.73 Å². The largest absolute Gasteiger partial charge is 0.326 e. The normalized spacial score (nSPS) is 24.4. The van der Waals surface area contributed by atoms with Gasteiger partial charge in [0.05, 0.1) is 10.7 Å². The van der Waals surface area contributed by atoms with Crippen LogP contribution in [-0.4, -0.2) is 4.98 Å². The molecule has 0 radical (unpaired) electrons. The molecule has 1 aromatic heterocycles. The molecule has 1 aromatic rings. The van der Waals surface area contributed by atoms with E-state index in [9.17, 15) is 0 Å². The Hall–Kier alpha value is -0.410. The molecule has 1 heterocycles. The average molecular weight is 266 g/mol. The van der Waals surface area contributed by atoms with Crippen molar-refractivity contribution in [3.8, 4) is 0 Å². The summed E-state index contributed by atoms with van der Waals surface area (Å²) >= 11 is 1.85. The summed E-state index contributed by atoms with van der Waals surface area (Å²) in [5, 5.41) is 1.35. The van der Waals surface area contributed by atoms with E-state index >= 15 is 0 Å². The zero-order chi connectivity index (χ0) is 13.0. The molecule has 0 atom stereocenters. The number of aryl methyl sites for hydroxylation is 1. The van der Waals surface area contributed by atoms with Crippen LogP contribution in [0.1, 0.15) is 73.4 Å². The molecule has 1 aliphatic carbocycles. The minimum absolute atomic E-state index is 0.648. The van der Waals surface area contributed by atoms with Crippen LogP contribution in [-0.2, 0) is 6.54 Å². The van der Waals surface area contributed by atoms with E-state index in [0.29, 0.717) is 12.5 Å². The first-order valence-corrected chi connectivity index (χ1v) is 8.22. The van der Waals surface area contributed by atoms with E-state index in [-0.39, 0.29) is 0 Å². The Morgan fingerprint density at radius 1 is 1.28 bits per heavy atom. The maximum Gasteiger partial charge on any atom is 0.0962 e. The fraction of sp³-hybridized carbons (Fsp3) is 0.800. The van der Waals surface area contributed by atoms with Crippen LogP contribution >= 0.6 is 11.3 Å². The quantitative estimate of drug-likeness (QED) is 0.859. The van der Waals surface area contributed by atoms with Gasteiger partial charge in [0.2, 0.25) is 0 Å². The van der Waals surface area contributed by atoms with Gasteiger partial charge in [-0.15, -0.1) is 11.3 Å². The van der Waals surface area contributed by atoms with Gasteiger partial charge < -0.3 is 5.73 Å². The van der Waals surface area contributed by atoms with Crippen molar-refractivity contribution in [2.75, 3.05) is 0 Å². The molecule has 0 amide bonds. The van der Waals surface area contributed by atoms with E-state index in [1.807, 2.05) is 11.3 Å². The number of aromatic nitrogens is 1. The van der Waals surface area contributed by atoms with Crippen LogP contribution in [0.5, 0.6) is 0 Å². The fourth-order valence-corrected chi connectivity index (χ4v) is 4.12. The predicted molar refractivity (Wildman–Crippen MR) is 79.0 cm³/mol. The van der Waals surface area contributed by atoms with Crippen molar-refractivity contribution < 1.29 is 0 Å². The molecular formula is C15H26N2S.